The Labute approximate surface area is 80.9 Å². The highest BCUT2D eigenvalue weighted by Gasteiger charge is 2.39. The van der Waals surface area contributed by atoms with Crippen molar-refractivity contribution in [3.05, 3.63) is 29.3 Å². The first-order chi connectivity index (χ1) is 6.53. The molecule has 0 radical (unpaired) electrons. The Hall–Kier alpha value is -1.16. The third-order valence-electron chi connectivity index (χ3n) is 2.81. The van der Waals surface area contributed by atoms with Crippen molar-refractivity contribution >= 4 is 5.69 Å². The highest BCUT2D eigenvalue weighted by atomic mass is 19.1. The van der Waals surface area contributed by atoms with Crippen LogP contribution in [0.1, 0.15) is 24.8 Å². The minimum atomic E-state index is -0.818. The molecule has 0 aromatic heterocycles. The summed E-state index contributed by atoms with van der Waals surface area (Å²) >= 11 is 0. The smallest absolute Gasteiger partial charge is 0.133 e. The molecular weight excluding hydrogens is 186 g/mol. The van der Waals surface area contributed by atoms with Gasteiger partial charge < -0.3 is 11.5 Å². The summed E-state index contributed by atoms with van der Waals surface area (Å²) in [5.74, 6) is -1.27. The summed E-state index contributed by atoms with van der Waals surface area (Å²) < 4.78 is 26.9. The molecule has 0 amide bonds. The van der Waals surface area contributed by atoms with Gasteiger partial charge in [0.1, 0.15) is 11.6 Å². The molecule has 1 fully saturated rings. The van der Waals surface area contributed by atoms with Crippen molar-refractivity contribution in [3.8, 4) is 0 Å². The minimum absolute atomic E-state index is 0.0158. The molecule has 4 heteroatoms. The third-order valence-corrected chi connectivity index (χ3v) is 2.81. The molecule has 0 aliphatic heterocycles. The van der Waals surface area contributed by atoms with Crippen LogP contribution < -0.4 is 11.5 Å². The largest absolute Gasteiger partial charge is 0.399 e. The van der Waals surface area contributed by atoms with E-state index in [9.17, 15) is 8.78 Å². The molecule has 1 aromatic rings. The molecule has 1 aromatic carbocycles. The van der Waals surface area contributed by atoms with E-state index in [-0.39, 0.29) is 11.3 Å². The molecule has 1 aliphatic rings. The average Bonchev–Trinajstić information content (AvgIpc) is 1.99. The molecule has 14 heavy (non-hydrogen) atoms. The number of rotatable bonds is 1. The summed E-state index contributed by atoms with van der Waals surface area (Å²) in [6.07, 6.45) is 2.18. The normalized spacial score (nSPS) is 19.1. The minimum Gasteiger partial charge on any atom is -0.399 e. The van der Waals surface area contributed by atoms with Crippen LogP contribution in [0.3, 0.4) is 0 Å². The number of hydrogen-bond acceptors (Lipinski definition) is 2. The van der Waals surface area contributed by atoms with Gasteiger partial charge in [0.05, 0.1) is 0 Å². The molecule has 2 nitrogen and oxygen atoms in total. The number of nitrogen functional groups attached to an aromatic ring is 1. The Balaban J connectivity index is 2.52. The second-order valence-corrected chi connectivity index (χ2v) is 3.87. The van der Waals surface area contributed by atoms with Crippen molar-refractivity contribution in [2.75, 3.05) is 5.73 Å². The SMILES string of the molecule is Nc1cc(F)c(C2(N)CCC2)c(F)c1. The van der Waals surface area contributed by atoms with Crippen molar-refractivity contribution in [2.24, 2.45) is 5.73 Å². The van der Waals surface area contributed by atoms with Gasteiger partial charge in [0.2, 0.25) is 0 Å². The van der Waals surface area contributed by atoms with Gasteiger partial charge in [-0.3, -0.25) is 0 Å². The number of nitrogens with two attached hydrogens (primary N) is 2. The van der Waals surface area contributed by atoms with E-state index in [1.807, 2.05) is 0 Å². The van der Waals surface area contributed by atoms with Gasteiger partial charge in [0.15, 0.2) is 0 Å². The van der Waals surface area contributed by atoms with Gasteiger partial charge in [0.25, 0.3) is 0 Å². The summed E-state index contributed by atoms with van der Waals surface area (Å²) in [6.45, 7) is 0. The highest BCUT2D eigenvalue weighted by Crippen LogP contribution is 2.41. The Bertz CT molecular complexity index is 349. The Morgan fingerprint density at radius 2 is 1.64 bits per heavy atom. The van der Waals surface area contributed by atoms with Crippen LogP contribution in [-0.4, -0.2) is 0 Å². The lowest BCUT2D eigenvalue weighted by atomic mass is 9.72. The van der Waals surface area contributed by atoms with E-state index in [4.69, 9.17) is 11.5 Å². The van der Waals surface area contributed by atoms with Gasteiger partial charge in [-0.25, -0.2) is 8.78 Å². The van der Waals surface area contributed by atoms with E-state index in [1.165, 1.54) is 0 Å². The summed E-state index contributed by atoms with van der Waals surface area (Å²) in [7, 11) is 0. The molecule has 76 valence electrons. The topological polar surface area (TPSA) is 52.0 Å². The molecule has 0 saturated heterocycles. The van der Waals surface area contributed by atoms with E-state index in [0.29, 0.717) is 12.8 Å². The van der Waals surface area contributed by atoms with Crippen LogP contribution >= 0.6 is 0 Å². The number of anilines is 1. The number of benzene rings is 1. The summed E-state index contributed by atoms with van der Waals surface area (Å²) in [5.41, 5.74) is 10.4. The predicted octanol–water partition coefficient (Wildman–Crippen LogP) is 1.88. The quantitative estimate of drug-likeness (QED) is 0.677. The van der Waals surface area contributed by atoms with Gasteiger partial charge in [0, 0.05) is 16.8 Å². The van der Waals surface area contributed by atoms with Gasteiger partial charge in [-0.15, -0.1) is 0 Å². The van der Waals surface area contributed by atoms with Gasteiger partial charge in [-0.05, 0) is 31.4 Å². The zero-order chi connectivity index (χ0) is 10.3. The first-order valence-corrected chi connectivity index (χ1v) is 4.57. The van der Waals surface area contributed by atoms with Crippen LogP contribution in [0.2, 0.25) is 0 Å². The van der Waals surface area contributed by atoms with Crippen molar-refractivity contribution in [1.29, 1.82) is 0 Å². The molecular formula is C10H12F2N2. The Kier molecular flexibility index (Phi) is 1.96. The van der Waals surface area contributed by atoms with Crippen LogP contribution in [0, 0.1) is 11.6 Å². The van der Waals surface area contributed by atoms with Gasteiger partial charge in [-0.2, -0.15) is 0 Å². The zero-order valence-electron chi connectivity index (χ0n) is 7.69. The molecule has 0 spiro atoms. The maximum Gasteiger partial charge on any atom is 0.133 e. The lowest BCUT2D eigenvalue weighted by Gasteiger charge is -2.38. The molecule has 0 unspecified atom stereocenters. The first kappa shape index (κ1) is 9.40. The standard InChI is InChI=1S/C10H12F2N2/c11-7-4-6(13)5-8(12)9(7)10(14)2-1-3-10/h4-5H,1-3,13-14H2. The maximum atomic E-state index is 13.4. The molecule has 1 saturated carbocycles. The second-order valence-electron chi connectivity index (χ2n) is 3.87. The van der Waals surface area contributed by atoms with E-state index in [0.717, 1.165) is 18.6 Å². The fraction of sp³-hybridized carbons (Fsp3) is 0.400. The average molecular weight is 198 g/mol. The van der Waals surface area contributed by atoms with Crippen LogP contribution in [0.5, 0.6) is 0 Å². The molecule has 0 atom stereocenters. The van der Waals surface area contributed by atoms with Crippen LogP contribution in [0.15, 0.2) is 12.1 Å². The Morgan fingerprint density at radius 3 is 2.00 bits per heavy atom. The van der Waals surface area contributed by atoms with Crippen LogP contribution in [-0.2, 0) is 5.54 Å². The van der Waals surface area contributed by atoms with E-state index >= 15 is 0 Å². The maximum absolute atomic E-state index is 13.4. The lowest BCUT2D eigenvalue weighted by molar-refractivity contribution is 0.236. The van der Waals surface area contributed by atoms with Crippen LogP contribution in [0.25, 0.3) is 0 Å². The van der Waals surface area contributed by atoms with E-state index in [1.54, 1.807) is 0 Å². The van der Waals surface area contributed by atoms with Crippen molar-refractivity contribution in [3.63, 3.8) is 0 Å². The Morgan fingerprint density at radius 1 is 1.14 bits per heavy atom. The van der Waals surface area contributed by atoms with Crippen molar-refractivity contribution < 1.29 is 8.78 Å². The predicted molar refractivity (Wildman–Crippen MR) is 50.5 cm³/mol. The van der Waals surface area contributed by atoms with E-state index in [2.05, 4.69) is 0 Å². The molecule has 1 aliphatic carbocycles. The summed E-state index contributed by atoms with van der Waals surface area (Å²) in [5, 5.41) is 0. The van der Waals surface area contributed by atoms with Crippen molar-refractivity contribution in [2.45, 2.75) is 24.8 Å². The van der Waals surface area contributed by atoms with Crippen LogP contribution in [0.4, 0.5) is 14.5 Å². The second kappa shape index (κ2) is 2.92. The fourth-order valence-electron chi connectivity index (χ4n) is 1.88. The molecule has 2 rings (SSSR count). The monoisotopic (exact) mass is 198 g/mol. The summed E-state index contributed by atoms with van der Waals surface area (Å²) in [6, 6.07) is 2.23. The molecule has 0 bridgehead atoms. The lowest BCUT2D eigenvalue weighted by Crippen LogP contribution is -2.44. The van der Waals surface area contributed by atoms with Gasteiger partial charge in [-0.1, -0.05) is 0 Å². The van der Waals surface area contributed by atoms with Gasteiger partial charge >= 0.3 is 0 Å². The number of halogens is 2. The fourth-order valence-corrected chi connectivity index (χ4v) is 1.88. The van der Waals surface area contributed by atoms with E-state index < -0.39 is 17.2 Å². The molecule has 0 heterocycles. The first-order valence-electron chi connectivity index (χ1n) is 4.57. The molecule has 4 N–H and O–H groups in total. The highest BCUT2D eigenvalue weighted by molar-refractivity contribution is 5.44. The third kappa shape index (κ3) is 1.26. The number of hydrogen-bond donors (Lipinski definition) is 2. The zero-order valence-corrected chi connectivity index (χ0v) is 7.69. The van der Waals surface area contributed by atoms with Crippen molar-refractivity contribution in [1.82, 2.24) is 0 Å². The summed E-state index contributed by atoms with van der Waals surface area (Å²) in [4.78, 5) is 0.